The Balaban J connectivity index is 1.52. The maximum absolute atomic E-state index is 5.78. The van der Waals surface area contributed by atoms with Crippen molar-refractivity contribution < 1.29 is 4.42 Å². The summed E-state index contributed by atoms with van der Waals surface area (Å²) in [5, 5.41) is 9.19. The van der Waals surface area contributed by atoms with Crippen LogP contribution in [0.15, 0.2) is 70.5 Å². The zero-order valence-corrected chi connectivity index (χ0v) is 15.4. The first-order chi connectivity index (χ1) is 12.7. The molecule has 0 fully saturated rings. The van der Waals surface area contributed by atoms with E-state index in [1.807, 2.05) is 42.7 Å². The second-order valence-corrected chi connectivity index (χ2v) is 6.97. The number of imidazole rings is 1. The molecular formula is C20H18N4OS. The van der Waals surface area contributed by atoms with Gasteiger partial charge in [-0.25, -0.2) is 4.98 Å². The monoisotopic (exact) mass is 362 g/mol. The molecule has 0 spiro atoms. The molecule has 2 aromatic carbocycles. The summed E-state index contributed by atoms with van der Waals surface area (Å²) in [4.78, 5) is 4.48. The van der Waals surface area contributed by atoms with Crippen LogP contribution in [0.25, 0.3) is 17.1 Å². The SMILES string of the molecule is Cc1ccc(C)c(-n2ccnc2SCc2nnc(-c3ccccc3)o2)c1. The summed E-state index contributed by atoms with van der Waals surface area (Å²) < 4.78 is 7.88. The van der Waals surface area contributed by atoms with E-state index in [9.17, 15) is 0 Å². The van der Waals surface area contributed by atoms with Crippen molar-refractivity contribution in [3.05, 3.63) is 77.9 Å². The number of hydrogen-bond donors (Lipinski definition) is 0. The standard InChI is InChI=1S/C20H18N4OS/c1-14-8-9-15(2)17(12-14)24-11-10-21-20(24)26-13-18-22-23-19(25-18)16-6-4-3-5-7-16/h3-12H,13H2,1-2H3. The van der Waals surface area contributed by atoms with E-state index in [2.05, 4.69) is 51.8 Å². The molecule has 0 saturated heterocycles. The third-order valence-electron chi connectivity index (χ3n) is 4.04. The average Bonchev–Trinajstić information content (AvgIpc) is 3.32. The first-order valence-electron chi connectivity index (χ1n) is 8.32. The van der Waals surface area contributed by atoms with Gasteiger partial charge in [-0.3, -0.25) is 4.57 Å². The van der Waals surface area contributed by atoms with Crippen molar-refractivity contribution in [2.24, 2.45) is 0 Å². The zero-order valence-electron chi connectivity index (χ0n) is 14.6. The topological polar surface area (TPSA) is 56.7 Å². The van der Waals surface area contributed by atoms with Crippen LogP contribution in [0.3, 0.4) is 0 Å². The van der Waals surface area contributed by atoms with Gasteiger partial charge in [0.25, 0.3) is 0 Å². The highest BCUT2D eigenvalue weighted by atomic mass is 32.2. The molecule has 2 heterocycles. The minimum absolute atomic E-state index is 0.541. The van der Waals surface area contributed by atoms with Crippen LogP contribution in [0.4, 0.5) is 0 Å². The van der Waals surface area contributed by atoms with Gasteiger partial charge in [-0.15, -0.1) is 10.2 Å². The second-order valence-electron chi connectivity index (χ2n) is 6.03. The highest BCUT2D eigenvalue weighted by Gasteiger charge is 2.12. The molecule has 130 valence electrons. The normalized spacial score (nSPS) is 11.0. The van der Waals surface area contributed by atoms with Gasteiger partial charge in [0.1, 0.15) is 0 Å². The molecule has 5 nitrogen and oxygen atoms in total. The minimum Gasteiger partial charge on any atom is -0.420 e. The van der Waals surface area contributed by atoms with Gasteiger partial charge in [0.2, 0.25) is 11.8 Å². The van der Waals surface area contributed by atoms with Gasteiger partial charge in [-0.1, -0.05) is 42.1 Å². The molecule has 0 aliphatic rings. The minimum atomic E-state index is 0.541. The summed E-state index contributed by atoms with van der Waals surface area (Å²) in [6, 6.07) is 16.2. The molecule has 26 heavy (non-hydrogen) atoms. The van der Waals surface area contributed by atoms with Crippen LogP contribution < -0.4 is 0 Å². The molecule has 0 unspecified atom stereocenters. The molecule has 0 aliphatic carbocycles. The summed E-state index contributed by atoms with van der Waals surface area (Å²) >= 11 is 1.58. The van der Waals surface area contributed by atoms with Crippen LogP contribution in [0.2, 0.25) is 0 Å². The Morgan fingerprint density at radius 1 is 1.04 bits per heavy atom. The fourth-order valence-electron chi connectivity index (χ4n) is 2.69. The molecule has 2 aromatic heterocycles. The van der Waals surface area contributed by atoms with Crippen LogP contribution in [-0.4, -0.2) is 19.7 Å². The van der Waals surface area contributed by atoms with Crippen molar-refractivity contribution in [3.8, 4) is 17.1 Å². The fourth-order valence-corrected chi connectivity index (χ4v) is 3.50. The van der Waals surface area contributed by atoms with Gasteiger partial charge < -0.3 is 4.42 Å². The molecule has 0 atom stereocenters. The lowest BCUT2D eigenvalue weighted by molar-refractivity contribution is 0.528. The summed E-state index contributed by atoms with van der Waals surface area (Å²) in [7, 11) is 0. The van der Waals surface area contributed by atoms with Gasteiger partial charge in [0, 0.05) is 18.0 Å². The van der Waals surface area contributed by atoms with Crippen LogP contribution >= 0.6 is 11.8 Å². The summed E-state index contributed by atoms with van der Waals surface area (Å²) in [6.45, 7) is 4.20. The zero-order chi connectivity index (χ0) is 17.9. The number of aromatic nitrogens is 4. The molecule has 4 aromatic rings. The largest absolute Gasteiger partial charge is 0.420 e. The van der Waals surface area contributed by atoms with E-state index >= 15 is 0 Å². The van der Waals surface area contributed by atoms with Crippen molar-refractivity contribution in [3.63, 3.8) is 0 Å². The smallest absolute Gasteiger partial charge is 0.247 e. The Labute approximate surface area is 156 Å². The second kappa shape index (κ2) is 7.17. The quantitative estimate of drug-likeness (QED) is 0.476. The summed E-state index contributed by atoms with van der Waals surface area (Å²) in [5.74, 6) is 1.70. The molecule has 0 saturated carbocycles. The van der Waals surface area contributed by atoms with E-state index in [0.29, 0.717) is 17.5 Å². The molecule has 0 bridgehead atoms. The van der Waals surface area contributed by atoms with Crippen LogP contribution in [0.1, 0.15) is 17.0 Å². The number of nitrogens with zero attached hydrogens (tertiary/aromatic N) is 4. The van der Waals surface area contributed by atoms with Crippen molar-refractivity contribution in [1.82, 2.24) is 19.7 Å². The van der Waals surface area contributed by atoms with Crippen molar-refractivity contribution >= 4 is 11.8 Å². The Morgan fingerprint density at radius 2 is 1.88 bits per heavy atom. The highest BCUT2D eigenvalue weighted by Crippen LogP contribution is 2.27. The predicted octanol–water partition coefficient (Wildman–Crippen LogP) is 4.83. The van der Waals surface area contributed by atoms with Crippen molar-refractivity contribution in [1.29, 1.82) is 0 Å². The maximum atomic E-state index is 5.78. The van der Waals surface area contributed by atoms with Gasteiger partial charge in [-0.2, -0.15) is 0 Å². The Bertz CT molecular complexity index is 1020. The first-order valence-corrected chi connectivity index (χ1v) is 9.31. The lowest BCUT2D eigenvalue weighted by Crippen LogP contribution is -1.98. The predicted molar refractivity (Wildman–Crippen MR) is 102 cm³/mol. The maximum Gasteiger partial charge on any atom is 0.247 e. The third kappa shape index (κ3) is 3.41. The van der Waals surface area contributed by atoms with E-state index in [1.165, 1.54) is 11.1 Å². The van der Waals surface area contributed by atoms with E-state index in [1.54, 1.807) is 11.8 Å². The molecule has 0 radical (unpaired) electrons. The van der Waals surface area contributed by atoms with Crippen LogP contribution in [0.5, 0.6) is 0 Å². The average molecular weight is 362 g/mol. The van der Waals surface area contributed by atoms with Crippen LogP contribution in [0, 0.1) is 13.8 Å². The van der Waals surface area contributed by atoms with Crippen molar-refractivity contribution in [2.75, 3.05) is 0 Å². The Kier molecular flexibility index (Phi) is 4.58. The number of hydrogen-bond acceptors (Lipinski definition) is 5. The van der Waals surface area contributed by atoms with Crippen molar-refractivity contribution in [2.45, 2.75) is 24.8 Å². The Morgan fingerprint density at radius 3 is 2.73 bits per heavy atom. The highest BCUT2D eigenvalue weighted by molar-refractivity contribution is 7.98. The molecule has 6 heteroatoms. The number of rotatable bonds is 5. The van der Waals surface area contributed by atoms with E-state index < -0.39 is 0 Å². The first kappa shape index (κ1) is 16.6. The van der Waals surface area contributed by atoms with E-state index in [-0.39, 0.29) is 0 Å². The number of benzene rings is 2. The van der Waals surface area contributed by atoms with Gasteiger partial charge in [-0.05, 0) is 43.2 Å². The lowest BCUT2D eigenvalue weighted by atomic mass is 10.1. The Hall–Kier alpha value is -2.86. The molecular weight excluding hydrogens is 344 g/mol. The van der Waals surface area contributed by atoms with Gasteiger partial charge in [0.15, 0.2) is 5.16 Å². The molecule has 0 aliphatic heterocycles. The van der Waals surface area contributed by atoms with E-state index in [4.69, 9.17) is 4.42 Å². The summed E-state index contributed by atoms with van der Waals surface area (Å²) in [5.41, 5.74) is 4.49. The summed E-state index contributed by atoms with van der Waals surface area (Å²) in [6.07, 6.45) is 3.79. The van der Waals surface area contributed by atoms with Gasteiger partial charge in [0.05, 0.1) is 11.4 Å². The number of aryl methyl sites for hydroxylation is 2. The van der Waals surface area contributed by atoms with E-state index in [0.717, 1.165) is 16.4 Å². The molecule has 0 amide bonds. The van der Waals surface area contributed by atoms with Crippen LogP contribution in [-0.2, 0) is 5.75 Å². The van der Waals surface area contributed by atoms with Gasteiger partial charge >= 0.3 is 0 Å². The fraction of sp³-hybridized carbons (Fsp3) is 0.150. The third-order valence-corrected chi connectivity index (χ3v) is 4.99. The lowest BCUT2D eigenvalue weighted by Gasteiger charge is -2.10. The molecule has 4 rings (SSSR count). The number of thioether (sulfide) groups is 1. The molecule has 0 N–H and O–H groups in total.